The van der Waals surface area contributed by atoms with Crippen LogP contribution in [0.3, 0.4) is 0 Å². The molecule has 1 aromatic heterocycles. The number of benzene rings is 1. The van der Waals surface area contributed by atoms with Crippen molar-refractivity contribution in [3.63, 3.8) is 0 Å². The van der Waals surface area contributed by atoms with E-state index in [1.54, 1.807) is 6.07 Å². The lowest BCUT2D eigenvalue weighted by molar-refractivity contribution is 0.0698. The van der Waals surface area contributed by atoms with Crippen molar-refractivity contribution >= 4 is 32.8 Å². The number of aromatic amines is 1. The quantitative estimate of drug-likeness (QED) is 0.826. The predicted molar refractivity (Wildman–Crippen MR) is 52.9 cm³/mol. The highest BCUT2D eigenvalue weighted by molar-refractivity contribution is 9.10. The fourth-order valence-electron chi connectivity index (χ4n) is 1.36. The second kappa shape index (κ2) is 3.09. The van der Waals surface area contributed by atoms with Crippen LogP contribution in [-0.2, 0) is 0 Å². The van der Waals surface area contributed by atoms with Crippen LogP contribution in [0, 0.1) is 5.82 Å². The van der Waals surface area contributed by atoms with E-state index in [4.69, 9.17) is 5.11 Å². The normalized spacial score (nSPS) is 10.7. The number of rotatable bonds is 1. The van der Waals surface area contributed by atoms with Crippen LogP contribution in [0.25, 0.3) is 10.9 Å². The fraction of sp³-hybridized carbons (Fsp3) is 0. The van der Waals surface area contributed by atoms with Crippen molar-refractivity contribution in [1.82, 2.24) is 4.98 Å². The summed E-state index contributed by atoms with van der Waals surface area (Å²) in [5.41, 5.74) is 0.260. The molecule has 0 fully saturated rings. The van der Waals surface area contributed by atoms with Crippen molar-refractivity contribution in [2.45, 2.75) is 0 Å². The van der Waals surface area contributed by atoms with E-state index >= 15 is 0 Å². The van der Waals surface area contributed by atoms with Crippen molar-refractivity contribution in [3.05, 3.63) is 34.2 Å². The molecule has 2 aromatic rings. The molecule has 14 heavy (non-hydrogen) atoms. The summed E-state index contributed by atoms with van der Waals surface area (Å²) >= 11 is 3.04. The first-order valence-corrected chi connectivity index (χ1v) is 4.59. The minimum atomic E-state index is -1.09. The van der Waals surface area contributed by atoms with Crippen LogP contribution in [0.4, 0.5) is 4.39 Å². The molecule has 0 radical (unpaired) electrons. The molecule has 0 amide bonds. The Kier molecular flexibility index (Phi) is 2.03. The summed E-state index contributed by atoms with van der Waals surface area (Å²) < 4.78 is 13.5. The van der Waals surface area contributed by atoms with Crippen molar-refractivity contribution in [2.75, 3.05) is 0 Å². The van der Waals surface area contributed by atoms with Crippen LogP contribution in [0.15, 0.2) is 22.8 Å². The van der Waals surface area contributed by atoms with Gasteiger partial charge in [-0.15, -0.1) is 0 Å². The van der Waals surface area contributed by atoms with Crippen LogP contribution in [0.2, 0.25) is 0 Å². The van der Waals surface area contributed by atoms with E-state index in [-0.39, 0.29) is 15.7 Å². The summed E-state index contributed by atoms with van der Waals surface area (Å²) in [4.78, 5) is 13.5. The number of aromatic nitrogens is 1. The minimum absolute atomic E-state index is 0.0551. The van der Waals surface area contributed by atoms with Crippen molar-refractivity contribution in [3.8, 4) is 0 Å². The molecule has 0 unspecified atom stereocenters. The van der Waals surface area contributed by atoms with Crippen LogP contribution in [0.5, 0.6) is 0 Å². The number of carbonyl (C=O) groups is 1. The van der Waals surface area contributed by atoms with Gasteiger partial charge in [-0.05, 0) is 22.0 Å². The first kappa shape index (κ1) is 9.21. The van der Waals surface area contributed by atoms with Gasteiger partial charge in [0.1, 0.15) is 5.82 Å². The van der Waals surface area contributed by atoms with Gasteiger partial charge >= 0.3 is 5.97 Å². The Labute approximate surface area is 86.7 Å². The van der Waals surface area contributed by atoms with E-state index in [2.05, 4.69) is 20.9 Å². The molecular formula is C9H5BrFNO2. The molecule has 1 aromatic carbocycles. The Bertz CT molecular complexity index is 521. The Hall–Kier alpha value is -1.36. The third kappa shape index (κ3) is 1.21. The number of carboxylic acids is 1. The predicted octanol–water partition coefficient (Wildman–Crippen LogP) is 2.77. The van der Waals surface area contributed by atoms with Crippen molar-refractivity contribution in [2.24, 2.45) is 0 Å². The minimum Gasteiger partial charge on any atom is -0.478 e. The van der Waals surface area contributed by atoms with Crippen molar-refractivity contribution in [1.29, 1.82) is 0 Å². The second-order valence-electron chi connectivity index (χ2n) is 2.78. The van der Waals surface area contributed by atoms with Gasteiger partial charge in [0.2, 0.25) is 0 Å². The number of aromatic carboxylic acids is 1. The molecule has 2 rings (SSSR count). The molecule has 5 heteroatoms. The van der Waals surface area contributed by atoms with E-state index < -0.39 is 11.8 Å². The van der Waals surface area contributed by atoms with Crippen LogP contribution in [-0.4, -0.2) is 16.1 Å². The molecule has 0 bridgehead atoms. The van der Waals surface area contributed by atoms with E-state index in [9.17, 15) is 9.18 Å². The molecule has 3 nitrogen and oxygen atoms in total. The monoisotopic (exact) mass is 257 g/mol. The van der Waals surface area contributed by atoms with E-state index in [0.29, 0.717) is 5.39 Å². The maximum atomic E-state index is 13.2. The average Bonchev–Trinajstić information content (AvgIpc) is 2.42. The summed E-state index contributed by atoms with van der Waals surface area (Å²) in [6, 6.07) is 4.31. The number of carboxylic acid groups (broad SMARTS) is 1. The molecule has 0 aliphatic rings. The smallest absolute Gasteiger partial charge is 0.339 e. The largest absolute Gasteiger partial charge is 0.478 e. The number of H-pyrrole nitrogens is 1. The number of fused-ring (bicyclic) bond motifs is 1. The fourth-order valence-corrected chi connectivity index (χ4v) is 1.94. The van der Waals surface area contributed by atoms with E-state index in [0.717, 1.165) is 0 Å². The highest BCUT2D eigenvalue weighted by Crippen LogP contribution is 2.27. The molecule has 0 saturated heterocycles. The SMILES string of the molecule is O=C(O)c1c(Br)[nH]c2c(F)cccc12. The highest BCUT2D eigenvalue weighted by atomic mass is 79.9. The van der Waals surface area contributed by atoms with Gasteiger partial charge in [0, 0.05) is 5.39 Å². The van der Waals surface area contributed by atoms with E-state index in [1.165, 1.54) is 12.1 Å². The number of hydrogen-bond donors (Lipinski definition) is 2. The summed E-state index contributed by atoms with van der Waals surface area (Å²) in [7, 11) is 0. The zero-order valence-corrected chi connectivity index (χ0v) is 8.43. The lowest BCUT2D eigenvalue weighted by atomic mass is 10.2. The average molecular weight is 258 g/mol. The summed E-state index contributed by atoms with van der Waals surface area (Å²) in [5, 5.41) is 9.24. The number of nitrogens with one attached hydrogen (secondary N) is 1. The molecule has 2 N–H and O–H groups in total. The second-order valence-corrected chi connectivity index (χ2v) is 3.57. The Morgan fingerprint density at radius 2 is 2.21 bits per heavy atom. The Morgan fingerprint density at radius 3 is 2.86 bits per heavy atom. The van der Waals surface area contributed by atoms with Gasteiger partial charge in [-0.2, -0.15) is 0 Å². The van der Waals surface area contributed by atoms with E-state index in [1.807, 2.05) is 0 Å². The van der Waals surface area contributed by atoms with Gasteiger partial charge in [-0.3, -0.25) is 0 Å². The lowest BCUT2D eigenvalue weighted by Gasteiger charge is -1.92. The van der Waals surface area contributed by atoms with Gasteiger partial charge in [0.15, 0.2) is 0 Å². The molecule has 0 aliphatic carbocycles. The van der Waals surface area contributed by atoms with Crippen molar-refractivity contribution < 1.29 is 14.3 Å². The van der Waals surface area contributed by atoms with Crippen LogP contribution >= 0.6 is 15.9 Å². The maximum Gasteiger partial charge on any atom is 0.339 e. The zero-order chi connectivity index (χ0) is 10.3. The molecule has 0 aliphatic heterocycles. The Morgan fingerprint density at radius 1 is 1.50 bits per heavy atom. The first-order chi connectivity index (χ1) is 6.61. The van der Waals surface area contributed by atoms with Crippen LogP contribution in [0.1, 0.15) is 10.4 Å². The third-order valence-electron chi connectivity index (χ3n) is 1.95. The summed E-state index contributed by atoms with van der Waals surface area (Å²) in [6.07, 6.45) is 0. The van der Waals surface area contributed by atoms with Gasteiger partial charge in [0.05, 0.1) is 15.7 Å². The molecule has 0 atom stereocenters. The summed E-state index contributed by atoms with van der Waals surface area (Å²) in [6.45, 7) is 0. The van der Waals surface area contributed by atoms with Gasteiger partial charge in [-0.1, -0.05) is 12.1 Å². The lowest BCUT2D eigenvalue weighted by Crippen LogP contribution is -1.95. The van der Waals surface area contributed by atoms with Gasteiger partial charge in [-0.25, -0.2) is 9.18 Å². The highest BCUT2D eigenvalue weighted by Gasteiger charge is 2.17. The number of hydrogen-bond acceptors (Lipinski definition) is 1. The van der Waals surface area contributed by atoms with Gasteiger partial charge in [0.25, 0.3) is 0 Å². The maximum absolute atomic E-state index is 13.2. The number of para-hydroxylation sites is 1. The summed E-state index contributed by atoms with van der Waals surface area (Å²) in [5.74, 6) is -1.55. The standard InChI is InChI=1S/C9H5BrFNO2/c10-8-6(9(13)14)4-2-1-3-5(11)7(4)12-8/h1-3,12H,(H,13,14). The Balaban J connectivity index is 2.90. The zero-order valence-electron chi connectivity index (χ0n) is 6.84. The molecule has 72 valence electrons. The molecule has 1 heterocycles. The third-order valence-corrected chi connectivity index (χ3v) is 2.55. The molecular weight excluding hydrogens is 253 g/mol. The van der Waals surface area contributed by atoms with Gasteiger partial charge < -0.3 is 10.1 Å². The topological polar surface area (TPSA) is 53.1 Å². The molecule has 0 spiro atoms. The van der Waals surface area contributed by atoms with Crippen LogP contribution < -0.4 is 0 Å². The number of halogens is 2. The molecule has 0 saturated carbocycles. The first-order valence-electron chi connectivity index (χ1n) is 3.80.